The minimum absolute atomic E-state index is 0.105. The molecule has 1 amide bonds. The molecule has 0 aliphatic heterocycles. The van der Waals surface area contributed by atoms with Crippen molar-refractivity contribution in [3.8, 4) is 0 Å². The predicted molar refractivity (Wildman–Crippen MR) is 97.9 cm³/mol. The van der Waals surface area contributed by atoms with Crippen LogP contribution in [0.3, 0.4) is 0 Å². The van der Waals surface area contributed by atoms with Crippen molar-refractivity contribution in [1.82, 2.24) is 15.1 Å². The maximum atomic E-state index is 12.0. The quantitative estimate of drug-likeness (QED) is 0.117. The molecule has 29 heavy (non-hydrogen) atoms. The van der Waals surface area contributed by atoms with Gasteiger partial charge in [-0.05, 0) is 6.54 Å². The maximum Gasteiger partial charge on any atom is 0.317 e. The Bertz CT molecular complexity index is 521. The van der Waals surface area contributed by atoms with Gasteiger partial charge in [0.15, 0.2) is 0 Å². The molecule has 0 aliphatic carbocycles. The fraction of sp³-hybridized carbons (Fsp3) is 0.812. The number of carbonyl (C=O) groups excluding carboxylic acids is 1. The fourth-order valence-corrected chi connectivity index (χ4v) is 2.39. The topological polar surface area (TPSA) is 211 Å². The van der Waals surface area contributed by atoms with E-state index in [1.54, 1.807) is 11.8 Å². The molecular formula is C16H31N3O10. The zero-order valence-electron chi connectivity index (χ0n) is 16.2. The van der Waals surface area contributed by atoms with E-state index in [4.69, 9.17) is 15.3 Å². The van der Waals surface area contributed by atoms with Crippen LogP contribution in [0.25, 0.3) is 0 Å². The number of hydrogen-bond donors (Lipinski definition) is 8. The smallest absolute Gasteiger partial charge is 0.317 e. The number of aliphatic hydroxyl groups excluding tert-OH is 5. The third kappa shape index (κ3) is 11.7. The molecular weight excluding hydrogens is 394 g/mol. The van der Waals surface area contributed by atoms with Crippen LogP contribution < -0.4 is 5.32 Å². The Hall–Kier alpha value is -1.87. The third-order valence-corrected chi connectivity index (χ3v) is 4.10. The molecule has 0 saturated carbocycles. The van der Waals surface area contributed by atoms with Crippen LogP contribution in [0.1, 0.15) is 6.92 Å². The van der Waals surface area contributed by atoms with E-state index in [0.717, 1.165) is 0 Å². The van der Waals surface area contributed by atoms with Gasteiger partial charge in [-0.15, -0.1) is 0 Å². The molecule has 4 atom stereocenters. The zero-order valence-corrected chi connectivity index (χ0v) is 16.2. The summed E-state index contributed by atoms with van der Waals surface area (Å²) in [6, 6.07) is 0. The molecule has 4 unspecified atom stereocenters. The van der Waals surface area contributed by atoms with Gasteiger partial charge in [0.25, 0.3) is 0 Å². The molecule has 170 valence electrons. The Morgan fingerprint density at radius 3 is 1.79 bits per heavy atom. The monoisotopic (exact) mass is 425 g/mol. The summed E-state index contributed by atoms with van der Waals surface area (Å²) in [7, 11) is 0. The number of aliphatic carboxylic acids is 2. The van der Waals surface area contributed by atoms with Crippen molar-refractivity contribution < 1.29 is 50.1 Å². The van der Waals surface area contributed by atoms with E-state index in [1.807, 2.05) is 0 Å². The molecule has 0 heterocycles. The average Bonchev–Trinajstić information content (AvgIpc) is 2.66. The van der Waals surface area contributed by atoms with Crippen molar-refractivity contribution >= 4 is 17.8 Å². The Balaban J connectivity index is 4.62. The molecule has 13 heteroatoms. The van der Waals surface area contributed by atoms with Crippen LogP contribution in [0.2, 0.25) is 0 Å². The number of aliphatic hydroxyl groups is 5. The number of hydrogen-bond acceptors (Lipinski definition) is 10. The molecule has 8 N–H and O–H groups in total. The summed E-state index contributed by atoms with van der Waals surface area (Å²) in [5, 5.41) is 67.0. The number of carbonyl (C=O) groups is 3. The molecule has 0 radical (unpaired) electrons. The molecule has 0 rings (SSSR count). The van der Waals surface area contributed by atoms with Crippen molar-refractivity contribution in [2.45, 2.75) is 31.3 Å². The zero-order chi connectivity index (χ0) is 22.6. The van der Waals surface area contributed by atoms with Gasteiger partial charge in [-0.25, -0.2) is 0 Å². The Morgan fingerprint density at radius 1 is 0.828 bits per heavy atom. The van der Waals surface area contributed by atoms with Crippen LogP contribution in [0.5, 0.6) is 0 Å². The molecule has 0 saturated heterocycles. The first kappa shape index (κ1) is 27.1. The largest absolute Gasteiger partial charge is 0.480 e. The van der Waals surface area contributed by atoms with Crippen molar-refractivity contribution in [2.24, 2.45) is 0 Å². The van der Waals surface area contributed by atoms with Gasteiger partial charge < -0.3 is 41.1 Å². The van der Waals surface area contributed by atoms with Crippen molar-refractivity contribution in [2.75, 3.05) is 52.4 Å². The van der Waals surface area contributed by atoms with Crippen LogP contribution in [-0.2, 0) is 14.4 Å². The number of amides is 1. The van der Waals surface area contributed by atoms with E-state index in [-0.39, 0.29) is 26.2 Å². The highest BCUT2D eigenvalue weighted by molar-refractivity contribution is 5.79. The highest BCUT2D eigenvalue weighted by Gasteiger charge is 2.30. The van der Waals surface area contributed by atoms with Gasteiger partial charge in [0, 0.05) is 19.6 Å². The van der Waals surface area contributed by atoms with Crippen LogP contribution >= 0.6 is 0 Å². The maximum absolute atomic E-state index is 12.0. The highest BCUT2D eigenvalue weighted by Crippen LogP contribution is 2.04. The fourth-order valence-electron chi connectivity index (χ4n) is 2.39. The molecule has 0 bridgehead atoms. The Kier molecular flexibility index (Phi) is 13.3. The van der Waals surface area contributed by atoms with Crippen LogP contribution in [0, 0.1) is 0 Å². The van der Waals surface area contributed by atoms with E-state index in [9.17, 15) is 34.8 Å². The van der Waals surface area contributed by atoms with E-state index in [2.05, 4.69) is 5.32 Å². The van der Waals surface area contributed by atoms with Gasteiger partial charge in [-0.3, -0.25) is 24.2 Å². The normalized spacial score (nSPS) is 15.7. The van der Waals surface area contributed by atoms with E-state index >= 15 is 0 Å². The number of nitrogens with zero attached hydrogens (tertiary/aromatic N) is 2. The number of rotatable bonds is 16. The SMILES string of the molecule is CCN(CCN(CC(=O)O)CC(=O)NCC(O)C(O)C(O)C(O)CO)CC(=O)O. The molecule has 13 nitrogen and oxygen atoms in total. The van der Waals surface area contributed by atoms with Crippen LogP contribution in [-0.4, -0.2) is 140 Å². The van der Waals surface area contributed by atoms with Gasteiger partial charge in [0.1, 0.15) is 18.3 Å². The first-order chi connectivity index (χ1) is 13.5. The van der Waals surface area contributed by atoms with Gasteiger partial charge in [-0.1, -0.05) is 6.92 Å². The first-order valence-electron chi connectivity index (χ1n) is 8.99. The highest BCUT2D eigenvalue weighted by atomic mass is 16.4. The molecule has 0 aromatic heterocycles. The second-order valence-corrected chi connectivity index (χ2v) is 6.47. The third-order valence-electron chi connectivity index (χ3n) is 4.10. The van der Waals surface area contributed by atoms with E-state index < -0.39 is 62.0 Å². The van der Waals surface area contributed by atoms with Crippen molar-refractivity contribution in [1.29, 1.82) is 0 Å². The van der Waals surface area contributed by atoms with Crippen molar-refractivity contribution in [3.05, 3.63) is 0 Å². The summed E-state index contributed by atoms with van der Waals surface area (Å²) < 4.78 is 0. The second-order valence-electron chi connectivity index (χ2n) is 6.47. The van der Waals surface area contributed by atoms with E-state index in [0.29, 0.717) is 6.54 Å². The molecule has 0 aromatic carbocycles. The summed E-state index contributed by atoms with van der Waals surface area (Å²) in [5.41, 5.74) is 0. The second kappa shape index (κ2) is 14.2. The van der Waals surface area contributed by atoms with Crippen LogP contribution in [0.4, 0.5) is 0 Å². The number of likely N-dealkylation sites (N-methyl/N-ethyl adjacent to an activating group) is 1. The lowest BCUT2D eigenvalue weighted by molar-refractivity contribution is -0.140. The van der Waals surface area contributed by atoms with Gasteiger partial charge in [0.05, 0.1) is 32.3 Å². The summed E-state index contributed by atoms with van der Waals surface area (Å²) in [6.45, 7) is 0.108. The number of carboxylic acid groups (broad SMARTS) is 2. The molecule has 0 fully saturated rings. The summed E-state index contributed by atoms with van der Waals surface area (Å²) in [4.78, 5) is 36.6. The van der Waals surface area contributed by atoms with Gasteiger partial charge in [0.2, 0.25) is 5.91 Å². The molecule has 0 aromatic rings. The van der Waals surface area contributed by atoms with E-state index in [1.165, 1.54) is 4.90 Å². The predicted octanol–water partition coefficient (Wildman–Crippen LogP) is -4.67. The van der Waals surface area contributed by atoms with Crippen LogP contribution in [0.15, 0.2) is 0 Å². The summed E-state index contributed by atoms with van der Waals surface area (Å²) >= 11 is 0. The molecule has 0 spiro atoms. The van der Waals surface area contributed by atoms with Gasteiger partial charge in [-0.2, -0.15) is 0 Å². The standard InChI is InChI=1S/C16H31N3O10/c1-2-18(7-13(24)25)3-4-19(8-14(26)27)6-12(23)17-5-10(21)15(28)16(29)11(22)9-20/h10-11,15-16,20-22,28-29H,2-9H2,1H3,(H,17,23)(H,24,25)(H,26,27). The number of nitrogens with one attached hydrogen (secondary N) is 1. The lowest BCUT2D eigenvalue weighted by Crippen LogP contribution is -2.51. The van der Waals surface area contributed by atoms with Gasteiger partial charge >= 0.3 is 11.9 Å². The Morgan fingerprint density at radius 2 is 1.31 bits per heavy atom. The summed E-state index contributed by atoms with van der Waals surface area (Å²) in [5.74, 6) is -2.89. The lowest BCUT2D eigenvalue weighted by Gasteiger charge is -2.26. The minimum Gasteiger partial charge on any atom is -0.480 e. The first-order valence-corrected chi connectivity index (χ1v) is 8.99. The Labute approximate surface area is 167 Å². The lowest BCUT2D eigenvalue weighted by atomic mass is 10.0. The van der Waals surface area contributed by atoms with Crippen molar-refractivity contribution in [3.63, 3.8) is 0 Å². The average molecular weight is 425 g/mol. The molecule has 0 aliphatic rings. The summed E-state index contributed by atoms with van der Waals surface area (Å²) in [6.07, 6.45) is -6.98. The minimum atomic E-state index is -1.83. The number of carboxylic acids is 2.